The van der Waals surface area contributed by atoms with Crippen LogP contribution in [0.2, 0.25) is 0 Å². The molecular weight excluding hydrogens is 259 g/mol. The first-order valence-electron chi connectivity index (χ1n) is 6.84. The molecule has 0 radical (unpaired) electrons. The van der Waals surface area contributed by atoms with Gasteiger partial charge in [-0.1, -0.05) is 19.9 Å². The summed E-state index contributed by atoms with van der Waals surface area (Å²) >= 11 is 0. The standard InChI is InChI=1S/C15H19FN2O2/c1-4-12-13(19)17-15(3,5-2)14(20)18(12)11-8-6-7-10(16)9-11/h6-9,12H,4-5H2,1-3H3,(H,17,19). The Bertz CT molecular complexity index is 546. The van der Waals surface area contributed by atoms with E-state index in [-0.39, 0.29) is 11.8 Å². The number of hydrogen-bond acceptors (Lipinski definition) is 2. The zero-order valence-electron chi connectivity index (χ0n) is 11.9. The Balaban J connectivity index is 2.50. The predicted molar refractivity (Wildman–Crippen MR) is 74.8 cm³/mol. The van der Waals surface area contributed by atoms with Gasteiger partial charge in [-0.15, -0.1) is 0 Å². The van der Waals surface area contributed by atoms with Crippen molar-refractivity contribution in [1.82, 2.24) is 5.32 Å². The number of nitrogens with one attached hydrogen (secondary N) is 1. The molecule has 2 atom stereocenters. The van der Waals surface area contributed by atoms with Crippen molar-refractivity contribution in [1.29, 1.82) is 0 Å². The Morgan fingerprint density at radius 3 is 2.60 bits per heavy atom. The van der Waals surface area contributed by atoms with Gasteiger partial charge >= 0.3 is 0 Å². The summed E-state index contributed by atoms with van der Waals surface area (Å²) in [5.74, 6) is -0.813. The van der Waals surface area contributed by atoms with Crippen molar-refractivity contribution in [2.24, 2.45) is 0 Å². The highest BCUT2D eigenvalue weighted by atomic mass is 19.1. The van der Waals surface area contributed by atoms with Crippen molar-refractivity contribution in [3.63, 3.8) is 0 Å². The first-order valence-corrected chi connectivity index (χ1v) is 6.84. The van der Waals surface area contributed by atoms with E-state index in [4.69, 9.17) is 0 Å². The molecule has 1 aliphatic heterocycles. The minimum Gasteiger partial charge on any atom is -0.340 e. The maximum absolute atomic E-state index is 13.4. The van der Waals surface area contributed by atoms with Gasteiger partial charge in [0.05, 0.1) is 0 Å². The fraction of sp³-hybridized carbons (Fsp3) is 0.467. The Labute approximate surface area is 118 Å². The fourth-order valence-corrected chi connectivity index (χ4v) is 2.46. The summed E-state index contributed by atoms with van der Waals surface area (Å²) in [6.45, 7) is 5.37. The van der Waals surface area contributed by atoms with Gasteiger partial charge in [0, 0.05) is 5.69 Å². The summed E-state index contributed by atoms with van der Waals surface area (Å²) in [6.07, 6.45) is 0.966. The first kappa shape index (κ1) is 14.5. The lowest BCUT2D eigenvalue weighted by atomic mass is 9.90. The van der Waals surface area contributed by atoms with Crippen LogP contribution in [-0.2, 0) is 9.59 Å². The van der Waals surface area contributed by atoms with Crippen LogP contribution in [0, 0.1) is 5.82 Å². The average molecular weight is 278 g/mol. The Morgan fingerprint density at radius 2 is 2.05 bits per heavy atom. The number of benzene rings is 1. The summed E-state index contributed by atoms with van der Waals surface area (Å²) in [6, 6.07) is 5.20. The smallest absolute Gasteiger partial charge is 0.253 e. The molecule has 2 rings (SSSR count). The molecule has 0 spiro atoms. The second-order valence-electron chi connectivity index (χ2n) is 5.25. The first-order chi connectivity index (χ1) is 9.42. The van der Waals surface area contributed by atoms with E-state index in [1.165, 1.54) is 17.0 Å². The van der Waals surface area contributed by atoms with Gasteiger partial charge in [-0.2, -0.15) is 0 Å². The van der Waals surface area contributed by atoms with Gasteiger partial charge < -0.3 is 5.32 Å². The molecule has 0 aromatic heterocycles. The Morgan fingerprint density at radius 1 is 1.35 bits per heavy atom. The molecule has 108 valence electrons. The number of piperazine rings is 1. The van der Waals surface area contributed by atoms with Crippen molar-refractivity contribution in [3.8, 4) is 0 Å². The Hall–Kier alpha value is -1.91. The number of rotatable bonds is 3. The molecular formula is C15H19FN2O2. The van der Waals surface area contributed by atoms with E-state index in [2.05, 4.69) is 5.32 Å². The number of carbonyl (C=O) groups excluding carboxylic acids is 2. The Kier molecular flexibility index (Phi) is 3.79. The summed E-state index contributed by atoms with van der Waals surface area (Å²) in [7, 11) is 0. The van der Waals surface area contributed by atoms with Gasteiger partial charge in [-0.3, -0.25) is 14.5 Å². The van der Waals surface area contributed by atoms with Crippen LogP contribution in [0.5, 0.6) is 0 Å². The zero-order valence-corrected chi connectivity index (χ0v) is 11.9. The van der Waals surface area contributed by atoms with Crippen molar-refractivity contribution >= 4 is 17.5 Å². The van der Waals surface area contributed by atoms with Crippen LogP contribution in [0.15, 0.2) is 24.3 Å². The molecule has 20 heavy (non-hydrogen) atoms. The number of carbonyl (C=O) groups is 2. The van der Waals surface area contributed by atoms with Crippen molar-refractivity contribution in [2.75, 3.05) is 4.90 Å². The van der Waals surface area contributed by atoms with Gasteiger partial charge in [0.25, 0.3) is 5.91 Å². The SMILES string of the molecule is CCC1C(=O)NC(C)(CC)C(=O)N1c1cccc(F)c1. The average Bonchev–Trinajstić information content (AvgIpc) is 2.42. The van der Waals surface area contributed by atoms with Gasteiger partial charge in [0.15, 0.2) is 0 Å². The predicted octanol–water partition coefficient (Wildman–Crippen LogP) is 2.24. The third kappa shape index (κ3) is 2.28. The molecule has 1 heterocycles. The maximum atomic E-state index is 13.4. The van der Waals surface area contributed by atoms with Gasteiger partial charge in [-0.05, 0) is 38.0 Å². The number of amides is 2. The van der Waals surface area contributed by atoms with E-state index in [1.807, 2.05) is 13.8 Å². The van der Waals surface area contributed by atoms with Crippen molar-refractivity contribution < 1.29 is 14.0 Å². The van der Waals surface area contributed by atoms with Crippen LogP contribution in [0.4, 0.5) is 10.1 Å². The van der Waals surface area contributed by atoms with E-state index < -0.39 is 17.4 Å². The van der Waals surface area contributed by atoms with E-state index >= 15 is 0 Å². The largest absolute Gasteiger partial charge is 0.340 e. The molecule has 0 saturated carbocycles. The lowest BCUT2D eigenvalue weighted by Gasteiger charge is -2.43. The van der Waals surface area contributed by atoms with Crippen molar-refractivity contribution in [3.05, 3.63) is 30.1 Å². The van der Waals surface area contributed by atoms with Crippen LogP contribution in [0.1, 0.15) is 33.6 Å². The number of hydrogen-bond donors (Lipinski definition) is 1. The molecule has 4 nitrogen and oxygen atoms in total. The van der Waals surface area contributed by atoms with Gasteiger partial charge in [0.1, 0.15) is 17.4 Å². The number of nitrogens with zero attached hydrogens (tertiary/aromatic N) is 1. The summed E-state index contributed by atoms with van der Waals surface area (Å²) in [5.41, 5.74) is -0.508. The van der Waals surface area contributed by atoms with Gasteiger partial charge in [-0.25, -0.2) is 4.39 Å². The topological polar surface area (TPSA) is 49.4 Å². The normalized spacial score (nSPS) is 26.6. The molecule has 1 aromatic carbocycles. The molecule has 1 aliphatic rings. The van der Waals surface area contributed by atoms with Crippen LogP contribution in [0.3, 0.4) is 0 Å². The highest BCUT2D eigenvalue weighted by Crippen LogP contribution is 2.28. The molecule has 1 saturated heterocycles. The molecule has 0 aliphatic carbocycles. The molecule has 1 N–H and O–H groups in total. The fourth-order valence-electron chi connectivity index (χ4n) is 2.46. The number of anilines is 1. The van der Waals surface area contributed by atoms with E-state index in [0.717, 1.165) is 0 Å². The third-order valence-corrected chi connectivity index (χ3v) is 3.88. The van der Waals surface area contributed by atoms with Crippen LogP contribution >= 0.6 is 0 Å². The summed E-state index contributed by atoms with van der Waals surface area (Å²) < 4.78 is 13.4. The van der Waals surface area contributed by atoms with Gasteiger partial charge in [0.2, 0.25) is 5.91 Å². The third-order valence-electron chi connectivity index (χ3n) is 3.88. The van der Waals surface area contributed by atoms with E-state index in [1.54, 1.807) is 19.1 Å². The molecule has 2 unspecified atom stereocenters. The maximum Gasteiger partial charge on any atom is 0.253 e. The molecule has 1 aromatic rings. The minimum absolute atomic E-state index is 0.194. The summed E-state index contributed by atoms with van der Waals surface area (Å²) in [5, 5.41) is 2.78. The molecule has 0 bridgehead atoms. The van der Waals surface area contributed by atoms with E-state index in [9.17, 15) is 14.0 Å². The molecule has 5 heteroatoms. The lowest BCUT2D eigenvalue weighted by Crippen LogP contribution is -2.69. The van der Waals surface area contributed by atoms with Crippen LogP contribution < -0.4 is 10.2 Å². The highest BCUT2D eigenvalue weighted by molar-refractivity contribution is 6.10. The quantitative estimate of drug-likeness (QED) is 0.921. The highest BCUT2D eigenvalue weighted by Gasteiger charge is 2.46. The second-order valence-corrected chi connectivity index (χ2v) is 5.25. The molecule has 2 amide bonds. The van der Waals surface area contributed by atoms with Crippen LogP contribution in [-0.4, -0.2) is 23.4 Å². The van der Waals surface area contributed by atoms with Crippen molar-refractivity contribution in [2.45, 2.75) is 45.2 Å². The summed E-state index contributed by atoms with van der Waals surface area (Å²) in [4.78, 5) is 26.3. The monoisotopic (exact) mass is 278 g/mol. The zero-order chi connectivity index (χ0) is 14.9. The second kappa shape index (κ2) is 5.23. The van der Waals surface area contributed by atoms with Crippen LogP contribution in [0.25, 0.3) is 0 Å². The number of halogens is 1. The minimum atomic E-state index is -0.935. The lowest BCUT2D eigenvalue weighted by molar-refractivity contribution is -0.138. The van der Waals surface area contributed by atoms with E-state index in [0.29, 0.717) is 18.5 Å². The molecule has 1 fully saturated rings.